The average Bonchev–Trinajstić information content (AvgIpc) is 2.41. The van der Waals surface area contributed by atoms with E-state index >= 15 is 0 Å². The third-order valence-corrected chi connectivity index (χ3v) is 2.74. The Morgan fingerprint density at radius 3 is 2.75 bits per heavy atom. The first-order valence-corrected chi connectivity index (χ1v) is 6.26. The average molecular weight is 271 g/mol. The van der Waals surface area contributed by atoms with E-state index in [1.54, 1.807) is 6.20 Å². The summed E-state index contributed by atoms with van der Waals surface area (Å²) in [4.78, 5) is 19.2. The third kappa shape index (κ3) is 3.68. The van der Waals surface area contributed by atoms with Gasteiger partial charge in [-0.25, -0.2) is 9.97 Å². The molecule has 2 aromatic rings. The molecule has 0 aliphatic rings. The van der Waals surface area contributed by atoms with Crippen molar-refractivity contribution in [3.8, 4) is 0 Å². The number of carbonyl (C=O) groups excluding carboxylic acids is 1. The highest BCUT2D eigenvalue weighted by molar-refractivity contribution is 5.88. The highest BCUT2D eigenvalue weighted by Gasteiger charge is 2.07. The molecular formula is C14H17N5O. The van der Waals surface area contributed by atoms with Gasteiger partial charge in [0, 0.05) is 12.6 Å². The Labute approximate surface area is 117 Å². The van der Waals surface area contributed by atoms with E-state index in [1.165, 1.54) is 13.1 Å². The van der Waals surface area contributed by atoms with Gasteiger partial charge in [-0.2, -0.15) is 0 Å². The van der Waals surface area contributed by atoms with Crippen LogP contribution in [0.4, 0.5) is 17.3 Å². The Bertz CT molecular complexity index is 597. The zero-order chi connectivity index (χ0) is 14.5. The van der Waals surface area contributed by atoms with Crippen LogP contribution in [-0.4, -0.2) is 15.9 Å². The van der Waals surface area contributed by atoms with Crippen LogP contribution in [0.3, 0.4) is 0 Å². The van der Waals surface area contributed by atoms with Gasteiger partial charge in [-0.3, -0.25) is 4.79 Å². The van der Waals surface area contributed by atoms with E-state index in [2.05, 4.69) is 20.6 Å². The molecular weight excluding hydrogens is 254 g/mol. The van der Waals surface area contributed by atoms with Crippen LogP contribution >= 0.6 is 0 Å². The summed E-state index contributed by atoms with van der Waals surface area (Å²) in [6.07, 6.45) is 3.09. The molecule has 1 heterocycles. The van der Waals surface area contributed by atoms with Gasteiger partial charge in [0.15, 0.2) is 0 Å². The molecule has 1 unspecified atom stereocenters. The van der Waals surface area contributed by atoms with Crippen molar-refractivity contribution in [2.45, 2.75) is 19.9 Å². The van der Waals surface area contributed by atoms with Crippen molar-refractivity contribution in [1.29, 1.82) is 0 Å². The lowest BCUT2D eigenvalue weighted by Crippen LogP contribution is -2.10. The fourth-order valence-corrected chi connectivity index (χ4v) is 1.81. The maximum atomic E-state index is 11.1. The topological polar surface area (TPSA) is 92.9 Å². The minimum atomic E-state index is -0.0906. The van der Waals surface area contributed by atoms with E-state index in [1.807, 2.05) is 31.2 Å². The highest BCUT2D eigenvalue weighted by Crippen LogP contribution is 2.20. The van der Waals surface area contributed by atoms with E-state index in [-0.39, 0.29) is 11.9 Å². The molecule has 6 heteroatoms. The van der Waals surface area contributed by atoms with Crippen LogP contribution in [0.5, 0.6) is 0 Å². The van der Waals surface area contributed by atoms with Gasteiger partial charge in [-0.1, -0.05) is 12.1 Å². The number of nitrogen functional groups attached to an aromatic ring is 1. The summed E-state index contributed by atoms with van der Waals surface area (Å²) in [6, 6.07) is 7.67. The van der Waals surface area contributed by atoms with Crippen LogP contribution in [0.2, 0.25) is 0 Å². The van der Waals surface area contributed by atoms with Gasteiger partial charge in [-0.05, 0) is 24.6 Å². The van der Waals surface area contributed by atoms with Crippen LogP contribution in [0, 0.1) is 0 Å². The summed E-state index contributed by atoms with van der Waals surface area (Å²) >= 11 is 0. The van der Waals surface area contributed by atoms with Gasteiger partial charge in [-0.15, -0.1) is 0 Å². The Morgan fingerprint density at radius 2 is 2.10 bits per heavy atom. The first-order valence-electron chi connectivity index (χ1n) is 6.26. The molecule has 1 aromatic heterocycles. The number of anilines is 3. The fraction of sp³-hybridized carbons (Fsp3) is 0.214. The maximum absolute atomic E-state index is 11.1. The number of aromatic nitrogens is 2. The molecule has 20 heavy (non-hydrogen) atoms. The van der Waals surface area contributed by atoms with Gasteiger partial charge in [0.05, 0.1) is 18.4 Å². The van der Waals surface area contributed by atoms with Gasteiger partial charge in [0.2, 0.25) is 5.91 Å². The van der Waals surface area contributed by atoms with Crippen molar-refractivity contribution in [2.75, 3.05) is 16.4 Å². The molecule has 0 aliphatic heterocycles. The van der Waals surface area contributed by atoms with E-state index in [4.69, 9.17) is 5.73 Å². The van der Waals surface area contributed by atoms with Gasteiger partial charge in [0.25, 0.3) is 0 Å². The predicted molar refractivity (Wildman–Crippen MR) is 79.2 cm³/mol. The Morgan fingerprint density at radius 1 is 1.30 bits per heavy atom. The van der Waals surface area contributed by atoms with Crippen molar-refractivity contribution >= 4 is 23.2 Å². The highest BCUT2D eigenvalue weighted by atomic mass is 16.1. The Balaban J connectivity index is 2.10. The summed E-state index contributed by atoms with van der Waals surface area (Å²) in [6.45, 7) is 3.49. The number of hydrogen-bond acceptors (Lipinski definition) is 5. The van der Waals surface area contributed by atoms with Crippen molar-refractivity contribution in [3.63, 3.8) is 0 Å². The molecule has 1 aromatic carbocycles. The van der Waals surface area contributed by atoms with E-state index < -0.39 is 0 Å². The fourth-order valence-electron chi connectivity index (χ4n) is 1.81. The number of nitrogens with one attached hydrogen (secondary N) is 2. The van der Waals surface area contributed by atoms with Crippen molar-refractivity contribution < 1.29 is 4.79 Å². The Kier molecular flexibility index (Phi) is 4.14. The monoisotopic (exact) mass is 271 g/mol. The summed E-state index contributed by atoms with van der Waals surface area (Å²) < 4.78 is 0. The lowest BCUT2D eigenvalue weighted by atomic mass is 10.1. The standard InChI is InChI=1S/C14H17N5O/c1-9(18-14-8-16-13(15)7-17-14)11-4-3-5-12(6-11)19-10(2)20/h3-9H,1-2H3,(H2,15,16)(H,17,18)(H,19,20). The van der Waals surface area contributed by atoms with Crippen molar-refractivity contribution in [3.05, 3.63) is 42.2 Å². The molecule has 0 saturated carbocycles. The molecule has 0 aliphatic carbocycles. The van der Waals surface area contributed by atoms with Crippen LogP contribution in [0.1, 0.15) is 25.5 Å². The van der Waals surface area contributed by atoms with Crippen LogP contribution < -0.4 is 16.4 Å². The molecule has 0 radical (unpaired) electrons. The van der Waals surface area contributed by atoms with Gasteiger partial charge < -0.3 is 16.4 Å². The lowest BCUT2D eigenvalue weighted by molar-refractivity contribution is -0.114. The smallest absolute Gasteiger partial charge is 0.221 e. The number of nitrogens with two attached hydrogens (primary N) is 1. The zero-order valence-electron chi connectivity index (χ0n) is 11.4. The number of rotatable bonds is 4. The second-order valence-corrected chi connectivity index (χ2v) is 4.50. The summed E-state index contributed by atoms with van der Waals surface area (Å²) in [5.41, 5.74) is 7.30. The van der Waals surface area contributed by atoms with Crippen LogP contribution in [0.15, 0.2) is 36.7 Å². The minimum absolute atomic E-state index is 0.0293. The Hall–Kier alpha value is -2.63. The van der Waals surface area contributed by atoms with E-state index in [0.717, 1.165) is 11.3 Å². The maximum Gasteiger partial charge on any atom is 0.221 e. The SMILES string of the molecule is CC(=O)Nc1cccc(C(C)Nc2cnc(N)cn2)c1. The molecule has 0 saturated heterocycles. The minimum Gasteiger partial charge on any atom is -0.382 e. The predicted octanol–water partition coefficient (Wildman–Crippen LogP) is 2.19. The van der Waals surface area contributed by atoms with Crippen LogP contribution in [0.25, 0.3) is 0 Å². The molecule has 1 amide bonds. The molecule has 0 spiro atoms. The third-order valence-electron chi connectivity index (χ3n) is 2.74. The number of carbonyl (C=O) groups is 1. The molecule has 104 valence electrons. The number of benzene rings is 1. The van der Waals surface area contributed by atoms with E-state index in [9.17, 15) is 4.79 Å². The zero-order valence-corrected chi connectivity index (χ0v) is 11.4. The second kappa shape index (κ2) is 6.01. The molecule has 6 nitrogen and oxygen atoms in total. The quantitative estimate of drug-likeness (QED) is 0.792. The molecule has 0 fully saturated rings. The molecule has 1 atom stereocenters. The normalized spacial score (nSPS) is 11.7. The second-order valence-electron chi connectivity index (χ2n) is 4.50. The van der Waals surface area contributed by atoms with Gasteiger partial charge >= 0.3 is 0 Å². The summed E-state index contributed by atoms with van der Waals surface area (Å²) in [7, 11) is 0. The number of hydrogen-bond donors (Lipinski definition) is 3. The van der Waals surface area contributed by atoms with E-state index in [0.29, 0.717) is 11.6 Å². The van der Waals surface area contributed by atoms with Crippen molar-refractivity contribution in [2.24, 2.45) is 0 Å². The lowest BCUT2D eigenvalue weighted by Gasteiger charge is -2.15. The number of nitrogens with zero attached hydrogens (tertiary/aromatic N) is 2. The summed E-state index contributed by atoms with van der Waals surface area (Å²) in [5, 5.41) is 5.98. The largest absolute Gasteiger partial charge is 0.382 e. The van der Waals surface area contributed by atoms with Crippen LogP contribution in [-0.2, 0) is 4.79 Å². The first kappa shape index (κ1) is 13.8. The molecule has 0 bridgehead atoms. The van der Waals surface area contributed by atoms with Crippen molar-refractivity contribution in [1.82, 2.24) is 9.97 Å². The van der Waals surface area contributed by atoms with Gasteiger partial charge in [0.1, 0.15) is 11.6 Å². The molecule has 4 N–H and O–H groups in total. The summed E-state index contributed by atoms with van der Waals surface area (Å²) in [5.74, 6) is 0.944. The first-order chi connectivity index (χ1) is 9.54. The molecule has 2 rings (SSSR count). The number of amides is 1.